The summed E-state index contributed by atoms with van der Waals surface area (Å²) in [6.45, 7) is 1.56. The van der Waals surface area contributed by atoms with Crippen LogP contribution in [-0.2, 0) is 0 Å². The van der Waals surface area contributed by atoms with Gasteiger partial charge in [0.05, 0.1) is 9.85 Å². The van der Waals surface area contributed by atoms with Crippen LogP contribution in [0.2, 0.25) is 0 Å². The maximum atomic E-state index is 13.0. The van der Waals surface area contributed by atoms with Crippen molar-refractivity contribution in [3.63, 3.8) is 0 Å². The van der Waals surface area contributed by atoms with Gasteiger partial charge in [0, 0.05) is 5.56 Å². The van der Waals surface area contributed by atoms with E-state index in [2.05, 4.69) is 15.9 Å². The summed E-state index contributed by atoms with van der Waals surface area (Å²) in [5.41, 5.74) is 0.295. The van der Waals surface area contributed by atoms with Crippen molar-refractivity contribution in [2.75, 3.05) is 0 Å². The SMILES string of the molecule is CC(Cl)C(=O)c1ccc(Br)c(F)c1. The number of rotatable bonds is 2. The standard InChI is InChI=1S/C9H7BrClFO/c1-5(11)9(13)6-2-3-7(10)8(12)4-6/h2-5H,1H3. The molecule has 0 aliphatic rings. The molecule has 0 amide bonds. The molecule has 1 atom stereocenters. The zero-order valence-electron chi connectivity index (χ0n) is 6.85. The second-order valence-electron chi connectivity index (χ2n) is 2.61. The summed E-state index contributed by atoms with van der Waals surface area (Å²) >= 11 is 8.57. The predicted molar refractivity (Wildman–Crippen MR) is 53.7 cm³/mol. The molecule has 4 heteroatoms. The second kappa shape index (κ2) is 4.20. The van der Waals surface area contributed by atoms with E-state index in [0.717, 1.165) is 0 Å². The van der Waals surface area contributed by atoms with Crippen LogP contribution < -0.4 is 0 Å². The molecule has 0 saturated heterocycles. The van der Waals surface area contributed by atoms with E-state index in [4.69, 9.17) is 11.6 Å². The van der Waals surface area contributed by atoms with Crippen molar-refractivity contribution in [2.45, 2.75) is 12.3 Å². The highest BCUT2D eigenvalue weighted by molar-refractivity contribution is 9.10. The molecule has 0 saturated carbocycles. The van der Waals surface area contributed by atoms with Crippen LogP contribution >= 0.6 is 27.5 Å². The van der Waals surface area contributed by atoms with E-state index in [1.54, 1.807) is 6.92 Å². The smallest absolute Gasteiger partial charge is 0.180 e. The van der Waals surface area contributed by atoms with Gasteiger partial charge in [-0.05, 0) is 35.0 Å². The molecule has 0 aliphatic carbocycles. The van der Waals surface area contributed by atoms with Gasteiger partial charge in [0.15, 0.2) is 5.78 Å². The Morgan fingerprint density at radius 3 is 2.69 bits per heavy atom. The van der Waals surface area contributed by atoms with Crippen molar-refractivity contribution in [3.8, 4) is 0 Å². The Hall–Kier alpha value is -0.410. The van der Waals surface area contributed by atoms with Crippen molar-refractivity contribution in [3.05, 3.63) is 34.1 Å². The van der Waals surface area contributed by atoms with Gasteiger partial charge in [-0.25, -0.2) is 4.39 Å². The largest absolute Gasteiger partial charge is 0.293 e. The Bertz CT molecular complexity index is 338. The molecule has 0 radical (unpaired) electrons. The zero-order valence-corrected chi connectivity index (χ0v) is 9.19. The van der Waals surface area contributed by atoms with E-state index in [0.29, 0.717) is 10.0 Å². The fraction of sp³-hybridized carbons (Fsp3) is 0.222. The molecular formula is C9H7BrClFO. The molecule has 70 valence electrons. The summed E-state index contributed by atoms with van der Waals surface area (Å²) in [5.74, 6) is -0.726. The molecule has 0 fully saturated rings. The molecule has 0 heterocycles. The van der Waals surface area contributed by atoms with Crippen LogP contribution in [0.1, 0.15) is 17.3 Å². The fourth-order valence-corrected chi connectivity index (χ4v) is 1.25. The topological polar surface area (TPSA) is 17.1 Å². The quantitative estimate of drug-likeness (QED) is 0.592. The Kier molecular flexibility index (Phi) is 3.45. The van der Waals surface area contributed by atoms with Crippen LogP contribution in [-0.4, -0.2) is 11.2 Å². The van der Waals surface area contributed by atoms with E-state index in [-0.39, 0.29) is 5.78 Å². The van der Waals surface area contributed by atoms with Gasteiger partial charge in [-0.3, -0.25) is 4.79 Å². The lowest BCUT2D eigenvalue weighted by Gasteiger charge is -2.02. The number of carbonyl (C=O) groups is 1. The monoisotopic (exact) mass is 264 g/mol. The van der Waals surface area contributed by atoms with Crippen LogP contribution in [0.15, 0.2) is 22.7 Å². The summed E-state index contributed by atoms with van der Waals surface area (Å²) in [6, 6.07) is 4.20. The highest BCUT2D eigenvalue weighted by Crippen LogP contribution is 2.18. The Morgan fingerprint density at radius 2 is 2.23 bits per heavy atom. The van der Waals surface area contributed by atoms with E-state index < -0.39 is 11.2 Å². The lowest BCUT2D eigenvalue weighted by atomic mass is 10.1. The third kappa shape index (κ3) is 2.51. The summed E-state index contributed by atoms with van der Waals surface area (Å²) < 4.78 is 13.3. The third-order valence-electron chi connectivity index (χ3n) is 1.57. The first kappa shape index (κ1) is 10.7. The van der Waals surface area contributed by atoms with E-state index in [1.807, 2.05) is 0 Å². The van der Waals surface area contributed by atoms with Gasteiger partial charge in [0.1, 0.15) is 5.82 Å². The molecule has 1 nitrogen and oxygen atoms in total. The molecule has 0 aromatic heterocycles. The molecule has 1 aromatic carbocycles. The van der Waals surface area contributed by atoms with Crippen LogP contribution in [0.25, 0.3) is 0 Å². The first-order valence-corrected chi connectivity index (χ1v) is 4.88. The van der Waals surface area contributed by atoms with Crippen LogP contribution in [0.3, 0.4) is 0 Å². The molecule has 13 heavy (non-hydrogen) atoms. The number of carbonyl (C=O) groups excluding carboxylic acids is 1. The van der Waals surface area contributed by atoms with Gasteiger partial charge in [0.2, 0.25) is 0 Å². The van der Waals surface area contributed by atoms with Crippen LogP contribution in [0.5, 0.6) is 0 Å². The Balaban J connectivity index is 3.04. The maximum Gasteiger partial charge on any atom is 0.180 e. The van der Waals surface area contributed by atoms with E-state index >= 15 is 0 Å². The van der Waals surface area contributed by atoms with Gasteiger partial charge >= 0.3 is 0 Å². The molecular weight excluding hydrogens is 258 g/mol. The van der Waals surface area contributed by atoms with Gasteiger partial charge in [-0.15, -0.1) is 11.6 Å². The number of ketones is 1. The summed E-state index contributed by atoms with van der Waals surface area (Å²) in [7, 11) is 0. The van der Waals surface area contributed by atoms with Crippen molar-refractivity contribution in [1.82, 2.24) is 0 Å². The third-order valence-corrected chi connectivity index (χ3v) is 2.41. The van der Waals surface area contributed by atoms with Crippen molar-refractivity contribution >= 4 is 33.3 Å². The number of halogens is 3. The summed E-state index contributed by atoms with van der Waals surface area (Å²) in [5, 5.41) is -0.624. The summed E-state index contributed by atoms with van der Waals surface area (Å²) in [6.07, 6.45) is 0. The molecule has 1 rings (SSSR count). The zero-order chi connectivity index (χ0) is 10.0. The molecule has 0 N–H and O–H groups in total. The van der Waals surface area contributed by atoms with Gasteiger partial charge in [-0.1, -0.05) is 6.07 Å². The normalized spacial score (nSPS) is 12.6. The van der Waals surface area contributed by atoms with Crippen LogP contribution in [0.4, 0.5) is 4.39 Å². The number of benzene rings is 1. The van der Waals surface area contributed by atoms with E-state index in [9.17, 15) is 9.18 Å². The fourth-order valence-electron chi connectivity index (χ4n) is 0.879. The number of alkyl halides is 1. The molecule has 0 aliphatic heterocycles. The predicted octanol–water partition coefficient (Wildman–Crippen LogP) is 3.40. The first-order chi connectivity index (χ1) is 6.02. The number of hydrogen-bond donors (Lipinski definition) is 0. The number of hydrogen-bond acceptors (Lipinski definition) is 1. The average Bonchev–Trinajstić information content (AvgIpc) is 2.08. The first-order valence-electron chi connectivity index (χ1n) is 3.65. The van der Waals surface area contributed by atoms with Gasteiger partial charge in [0.25, 0.3) is 0 Å². The molecule has 0 spiro atoms. The lowest BCUT2D eigenvalue weighted by Crippen LogP contribution is -2.10. The highest BCUT2D eigenvalue weighted by atomic mass is 79.9. The number of Topliss-reactive ketones (excluding diaryl/α,β-unsaturated/α-hetero) is 1. The minimum atomic E-state index is -0.624. The van der Waals surface area contributed by atoms with Crippen molar-refractivity contribution in [1.29, 1.82) is 0 Å². The van der Waals surface area contributed by atoms with Crippen molar-refractivity contribution < 1.29 is 9.18 Å². The van der Waals surface area contributed by atoms with E-state index in [1.165, 1.54) is 18.2 Å². The highest BCUT2D eigenvalue weighted by Gasteiger charge is 2.13. The molecule has 1 aromatic rings. The van der Waals surface area contributed by atoms with Gasteiger partial charge in [-0.2, -0.15) is 0 Å². The lowest BCUT2D eigenvalue weighted by molar-refractivity contribution is 0.0991. The minimum absolute atomic E-state index is 0.270. The molecule has 1 unspecified atom stereocenters. The average molecular weight is 266 g/mol. The second-order valence-corrected chi connectivity index (χ2v) is 4.12. The van der Waals surface area contributed by atoms with Gasteiger partial charge < -0.3 is 0 Å². The molecule has 0 bridgehead atoms. The Morgan fingerprint density at radius 1 is 1.62 bits per heavy atom. The Labute approximate surface area is 89.0 Å². The minimum Gasteiger partial charge on any atom is -0.293 e. The van der Waals surface area contributed by atoms with Crippen molar-refractivity contribution in [2.24, 2.45) is 0 Å². The summed E-state index contributed by atoms with van der Waals surface area (Å²) in [4.78, 5) is 11.3. The van der Waals surface area contributed by atoms with Crippen LogP contribution in [0, 0.1) is 5.82 Å². The maximum absolute atomic E-state index is 13.0.